The highest BCUT2D eigenvalue weighted by atomic mass is 35.5. The fourth-order valence-corrected chi connectivity index (χ4v) is 3.01. The SMILES string of the molecule is CCN(CCNC(=O)C1(N)CCCC1)c1cccc(C)c1.Cl.Cl. The minimum absolute atomic E-state index is 0. The molecular formula is C17H29Cl2N3O. The molecule has 3 N–H and O–H groups in total. The molecular weight excluding hydrogens is 333 g/mol. The number of likely N-dealkylation sites (N-methyl/N-ethyl adjacent to an activating group) is 1. The zero-order valence-corrected chi connectivity index (χ0v) is 15.6. The minimum atomic E-state index is -0.625. The Morgan fingerprint density at radius 1 is 1.30 bits per heavy atom. The van der Waals surface area contributed by atoms with Crippen molar-refractivity contribution in [2.45, 2.75) is 45.1 Å². The van der Waals surface area contributed by atoms with Crippen molar-refractivity contribution in [2.24, 2.45) is 5.73 Å². The number of benzene rings is 1. The summed E-state index contributed by atoms with van der Waals surface area (Å²) >= 11 is 0. The van der Waals surface area contributed by atoms with Gasteiger partial charge in [0.05, 0.1) is 5.54 Å². The molecule has 1 fully saturated rings. The van der Waals surface area contributed by atoms with Crippen LogP contribution in [-0.2, 0) is 4.79 Å². The van der Waals surface area contributed by atoms with Crippen LogP contribution in [0.3, 0.4) is 0 Å². The van der Waals surface area contributed by atoms with Gasteiger partial charge in [0.25, 0.3) is 0 Å². The predicted octanol–water partition coefficient (Wildman–Crippen LogP) is 3.05. The van der Waals surface area contributed by atoms with Crippen molar-refractivity contribution in [2.75, 3.05) is 24.5 Å². The first kappa shape index (κ1) is 22.0. The van der Waals surface area contributed by atoms with E-state index in [1.807, 2.05) is 0 Å². The predicted molar refractivity (Wildman–Crippen MR) is 102 cm³/mol. The van der Waals surface area contributed by atoms with Gasteiger partial charge in [0.2, 0.25) is 5.91 Å². The summed E-state index contributed by atoms with van der Waals surface area (Å²) in [5.74, 6) is 0.0142. The van der Waals surface area contributed by atoms with Gasteiger partial charge in [-0.1, -0.05) is 25.0 Å². The summed E-state index contributed by atoms with van der Waals surface area (Å²) < 4.78 is 0. The minimum Gasteiger partial charge on any atom is -0.370 e. The van der Waals surface area contributed by atoms with Crippen LogP contribution in [0.25, 0.3) is 0 Å². The number of hydrogen-bond acceptors (Lipinski definition) is 3. The maximum Gasteiger partial charge on any atom is 0.240 e. The average Bonchev–Trinajstić information content (AvgIpc) is 2.91. The lowest BCUT2D eigenvalue weighted by Crippen LogP contribution is -2.53. The molecule has 0 heterocycles. The molecule has 1 aromatic carbocycles. The molecule has 23 heavy (non-hydrogen) atoms. The summed E-state index contributed by atoms with van der Waals surface area (Å²) in [7, 11) is 0. The van der Waals surface area contributed by atoms with Gasteiger partial charge in [-0.25, -0.2) is 0 Å². The van der Waals surface area contributed by atoms with Gasteiger partial charge in [-0.3, -0.25) is 4.79 Å². The van der Waals surface area contributed by atoms with Crippen LogP contribution < -0.4 is 16.0 Å². The van der Waals surface area contributed by atoms with Gasteiger partial charge in [0, 0.05) is 25.3 Å². The number of nitrogens with one attached hydrogen (secondary N) is 1. The molecule has 0 spiro atoms. The van der Waals surface area contributed by atoms with Crippen molar-refractivity contribution in [1.29, 1.82) is 0 Å². The molecule has 4 nitrogen and oxygen atoms in total. The third kappa shape index (κ3) is 5.87. The molecule has 0 bridgehead atoms. The molecule has 1 aliphatic rings. The van der Waals surface area contributed by atoms with E-state index >= 15 is 0 Å². The zero-order chi connectivity index (χ0) is 15.3. The van der Waals surface area contributed by atoms with Gasteiger partial charge in [0.1, 0.15) is 0 Å². The Labute approximate surface area is 152 Å². The summed E-state index contributed by atoms with van der Waals surface area (Å²) in [4.78, 5) is 14.4. The van der Waals surface area contributed by atoms with Gasteiger partial charge in [-0.15, -0.1) is 24.8 Å². The molecule has 6 heteroatoms. The van der Waals surface area contributed by atoms with E-state index in [2.05, 4.69) is 48.3 Å². The van der Waals surface area contributed by atoms with Crippen LogP contribution in [0.4, 0.5) is 5.69 Å². The van der Waals surface area contributed by atoms with E-state index in [-0.39, 0.29) is 30.7 Å². The monoisotopic (exact) mass is 361 g/mol. The molecule has 0 aromatic heterocycles. The molecule has 1 amide bonds. The van der Waals surface area contributed by atoms with Gasteiger partial charge in [0.15, 0.2) is 0 Å². The second-order valence-electron chi connectivity index (χ2n) is 6.04. The van der Waals surface area contributed by atoms with Crippen molar-refractivity contribution in [3.63, 3.8) is 0 Å². The molecule has 0 unspecified atom stereocenters. The number of carbonyl (C=O) groups excluding carboxylic acids is 1. The van der Waals surface area contributed by atoms with Crippen LogP contribution in [0.15, 0.2) is 24.3 Å². The summed E-state index contributed by atoms with van der Waals surface area (Å²) in [5.41, 5.74) is 7.99. The highest BCUT2D eigenvalue weighted by molar-refractivity contribution is 5.86. The molecule has 1 saturated carbocycles. The Morgan fingerprint density at radius 2 is 1.96 bits per heavy atom. The maximum atomic E-state index is 12.2. The standard InChI is InChI=1S/C17H27N3O.2ClH/c1-3-20(15-8-6-7-14(2)13-15)12-11-19-16(21)17(18)9-4-5-10-17;;/h6-8,13H,3-5,9-12,18H2,1-2H3,(H,19,21);2*1H. The van der Waals surface area contributed by atoms with Crippen LogP contribution >= 0.6 is 24.8 Å². The molecule has 0 aliphatic heterocycles. The van der Waals surface area contributed by atoms with E-state index in [1.54, 1.807) is 0 Å². The Balaban J connectivity index is 0.00000242. The Hall–Kier alpha value is -0.970. The Morgan fingerprint density at radius 3 is 2.52 bits per heavy atom. The Bertz CT molecular complexity index is 490. The lowest BCUT2D eigenvalue weighted by atomic mass is 9.98. The highest BCUT2D eigenvalue weighted by Gasteiger charge is 2.36. The van der Waals surface area contributed by atoms with Crippen LogP contribution in [0.2, 0.25) is 0 Å². The van der Waals surface area contributed by atoms with Crippen LogP contribution in [0.1, 0.15) is 38.2 Å². The summed E-state index contributed by atoms with van der Waals surface area (Å²) in [5, 5.41) is 3.01. The molecule has 2 rings (SSSR count). The first-order valence-corrected chi connectivity index (χ1v) is 7.94. The summed E-state index contributed by atoms with van der Waals surface area (Å²) in [6, 6.07) is 8.45. The lowest BCUT2D eigenvalue weighted by Gasteiger charge is -2.26. The second-order valence-corrected chi connectivity index (χ2v) is 6.04. The van der Waals surface area contributed by atoms with Crippen molar-refractivity contribution >= 4 is 36.4 Å². The molecule has 0 radical (unpaired) electrons. The number of hydrogen-bond donors (Lipinski definition) is 2. The average molecular weight is 362 g/mol. The number of rotatable bonds is 6. The normalized spacial score (nSPS) is 15.3. The largest absolute Gasteiger partial charge is 0.370 e. The van der Waals surface area contributed by atoms with Crippen LogP contribution in [-0.4, -0.2) is 31.1 Å². The Kier molecular flexibility index (Phi) is 9.59. The summed E-state index contributed by atoms with van der Waals surface area (Å²) in [6.45, 7) is 6.59. The number of amides is 1. The highest BCUT2D eigenvalue weighted by Crippen LogP contribution is 2.27. The van der Waals surface area contributed by atoms with E-state index in [0.717, 1.165) is 38.8 Å². The van der Waals surface area contributed by atoms with Crippen molar-refractivity contribution in [3.05, 3.63) is 29.8 Å². The maximum absolute atomic E-state index is 12.2. The zero-order valence-electron chi connectivity index (χ0n) is 14.0. The topological polar surface area (TPSA) is 58.4 Å². The van der Waals surface area contributed by atoms with Crippen LogP contribution in [0.5, 0.6) is 0 Å². The van der Waals surface area contributed by atoms with Crippen molar-refractivity contribution in [1.82, 2.24) is 5.32 Å². The molecule has 1 aromatic rings. The van der Waals surface area contributed by atoms with E-state index in [0.29, 0.717) is 6.54 Å². The molecule has 0 atom stereocenters. The third-order valence-corrected chi connectivity index (χ3v) is 4.36. The number of carbonyl (C=O) groups is 1. The number of anilines is 1. The van der Waals surface area contributed by atoms with E-state index in [9.17, 15) is 4.79 Å². The summed E-state index contributed by atoms with van der Waals surface area (Å²) in [6.07, 6.45) is 3.75. The van der Waals surface area contributed by atoms with Gasteiger partial charge in [-0.05, 0) is 44.4 Å². The number of aryl methyl sites for hydroxylation is 1. The fourth-order valence-electron chi connectivity index (χ4n) is 3.01. The molecule has 1 aliphatic carbocycles. The van der Waals surface area contributed by atoms with Gasteiger partial charge >= 0.3 is 0 Å². The van der Waals surface area contributed by atoms with Crippen molar-refractivity contribution in [3.8, 4) is 0 Å². The quantitative estimate of drug-likeness (QED) is 0.818. The lowest BCUT2D eigenvalue weighted by molar-refractivity contribution is -0.126. The number of nitrogens with zero attached hydrogens (tertiary/aromatic N) is 1. The molecule has 0 saturated heterocycles. The number of nitrogens with two attached hydrogens (primary N) is 1. The van der Waals surface area contributed by atoms with Gasteiger partial charge < -0.3 is 16.0 Å². The van der Waals surface area contributed by atoms with Crippen LogP contribution in [0, 0.1) is 6.92 Å². The van der Waals surface area contributed by atoms with E-state index in [4.69, 9.17) is 5.73 Å². The van der Waals surface area contributed by atoms with Crippen molar-refractivity contribution < 1.29 is 4.79 Å². The van der Waals surface area contributed by atoms with Gasteiger partial charge in [-0.2, -0.15) is 0 Å². The second kappa shape index (κ2) is 10.0. The third-order valence-electron chi connectivity index (χ3n) is 4.36. The fraction of sp³-hybridized carbons (Fsp3) is 0.588. The first-order chi connectivity index (χ1) is 10.0. The first-order valence-electron chi connectivity index (χ1n) is 7.94. The van der Waals surface area contributed by atoms with E-state index < -0.39 is 5.54 Å². The number of halogens is 2. The molecule has 132 valence electrons. The van der Waals surface area contributed by atoms with E-state index in [1.165, 1.54) is 11.3 Å². The smallest absolute Gasteiger partial charge is 0.240 e.